The second-order valence-electron chi connectivity index (χ2n) is 2.68. The SMILES string of the molecule is C=CCOc1cc(O)c(/C=N/O)c(Cl)c1. The normalized spacial score (nSPS) is 10.5. The highest BCUT2D eigenvalue weighted by Crippen LogP contribution is 2.30. The summed E-state index contributed by atoms with van der Waals surface area (Å²) in [5.41, 5.74) is 0.241. The van der Waals surface area contributed by atoms with Crippen molar-refractivity contribution in [3.8, 4) is 11.5 Å². The third kappa shape index (κ3) is 2.89. The summed E-state index contributed by atoms with van der Waals surface area (Å²) in [6, 6.07) is 2.90. The predicted molar refractivity (Wildman–Crippen MR) is 58.2 cm³/mol. The molecule has 0 saturated heterocycles. The van der Waals surface area contributed by atoms with Crippen molar-refractivity contribution in [1.29, 1.82) is 0 Å². The molecule has 15 heavy (non-hydrogen) atoms. The third-order valence-electron chi connectivity index (χ3n) is 1.64. The van der Waals surface area contributed by atoms with E-state index >= 15 is 0 Å². The third-order valence-corrected chi connectivity index (χ3v) is 1.95. The smallest absolute Gasteiger partial charge is 0.129 e. The van der Waals surface area contributed by atoms with Gasteiger partial charge in [0.1, 0.15) is 18.1 Å². The Hall–Kier alpha value is -1.68. The minimum Gasteiger partial charge on any atom is -0.507 e. The van der Waals surface area contributed by atoms with Gasteiger partial charge >= 0.3 is 0 Å². The maximum Gasteiger partial charge on any atom is 0.129 e. The molecule has 4 nitrogen and oxygen atoms in total. The van der Waals surface area contributed by atoms with Crippen molar-refractivity contribution >= 4 is 17.8 Å². The van der Waals surface area contributed by atoms with E-state index in [2.05, 4.69) is 11.7 Å². The number of ether oxygens (including phenoxy) is 1. The highest BCUT2D eigenvalue weighted by Gasteiger charge is 2.07. The van der Waals surface area contributed by atoms with E-state index in [-0.39, 0.29) is 16.3 Å². The Morgan fingerprint density at radius 1 is 1.53 bits per heavy atom. The van der Waals surface area contributed by atoms with Crippen LogP contribution in [-0.2, 0) is 0 Å². The van der Waals surface area contributed by atoms with Crippen molar-refractivity contribution < 1.29 is 15.1 Å². The summed E-state index contributed by atoms with van der Waals surface area (Å²) in [7, 11) is 0. The molecule has 0 spiro atoms. The molecule has 0 aromatic heterocycles. The summed E-state index contributed by atoms with van der Waals surface area (Å²) in [6.45, 7) is 3.82. The standard InChI is InChI=1S/C10H10ClNO3/c1-2-3-15-7-4-9(11)8(6-12-14)10(13)5-7/h2,4-6,13-14H,1,3H2/b12-6+. The van der Waals surface area contributed by atoms with Crippen LogP contribution in [0.15, 0.2) is 29.9 Å². The second-order valence-corrected chi connectivity index (χ2v) is 3.09. The van der Waals surface area contributed by atoms with E-state index < -0.39 is 0 Å². The molecule has 0 bridgehead atoms. The number of hydrogen-bond donors (Lipinski definition) is 2. The van der Waals surface area contributed by atoms with Crippen molar-refractivity contribution in [3.05, 3.63) is 35.4 Å². The van der Waals surface area contributed by atoms with Crippen molar-refractivity contribution in [1.82, 2.24) is 0 Å². The molecule has 0 atom stereocenters. The van der Waals surface area contributed by atoms with Gasteiger partial charge < -0.3 is 15.1 Å². The summed E-state index contributed by atoms with van der Waals surface area (Å²) in [6.07, 6.45) is 2.63. The van der Waals surface area contributed by atoms with Crippen LogP contribution in [0.4, 0.5) is 0 Å². The van der Waals surface area contributed by atoms with Gasteiger partial charge in [0.05, 0.1) is 16.8 Å². The van der Waals surface area contributed by atoms with Crippen LogP contribution >= 0.6 is 11.6 Å². The van der Waals surface area contributed by atoms with Crippen LogP contribution in [0.25, 0.3) is 0 Å². The van der Waals surface area contributed by atoms with E-state index in [0.717, 1.165) is 6.21 Å². The molecule has 80 valence electrons. The van der Waals surface area contributed by atoms with Gasteiger partial charge in [-0.05, 0) is 6.07 Å². The first-order chi connectivity index (χ1) is 7.19. The van der Waals surface area contributed by atoms with Crippen molar-refractivity contribution in [2.24, 2.45) is 5.16 Å². The van der Waals surface area contributed by atoms with E-state index in [1.165, 1.54) is 12.1 Å². The zero-order valence-corrected chi connectivity index (χ0v) is 8.61. The number of benzene rings is 1. The summed E-state index contributed by atoms with van der Waals surface area (Å²) in [5, 5.41) is 20.9. The number of hydrogen-bond acceptors (Lipinski definition) is 4. The summed E-state index contributed by atoms with van der Waals surface area (Å²) < 4.78 is 5.18. The van der Waals surface area contributed by atoms with E-state index in [1.54, 1.807) is 6.08 Å². The van der Waals surface area contributed by atoms with Gasteiger partial charge in [-0.2, -0.15) is 0 Å². The number of aromatic hydroxyl groups is 1. The van der Waals surface area contributed by atoms with Crippen molar-refractivity contribution in [2.45, 2.75) is 0 Å². The fourth-order valence-electron chi connectivity index (χ4n) is 1.00. The van der Waals surface area contributed by atoms with E-state index in [4.69, 9.17) is 21.5 Å². The zero-order valence-electron chi connectivity index (χ0n) is 7.85. The van der Waals surface area contributed by atoms with Crippen LogP contribution in [0.3, 0.4) is 0 Å². The Morgan fingerprint density at radius 3 is 2.80 bits per heavy atom. The van der Waals surface area contributed by atoms with Crippen LogP contribution in [0.2, 0.25) is 5.02 Å². The predicted octanol–water partition coefficient (Wildman–Crippen LogP) is 2.42. The average molecular weight is 228 g/mol. The molecule has 0 aliphatic heterocycles. The second kappa shape index (κ2) is 5.26. The molecule has 2 N–H and O–H groups in total. The van der Waals surface area contributed by atoms with Gasteiger partial charge in [0.2, 0.25) is 0 Å². The number of phenolic OH excluding ortho intramolecular Hbond substituents is 1. The van der Waals surface area contributed by atoms with Gasteiger partial charge in [-0.3, -0.25) is 0 Å². The summed E-state index contributed by atoms with van der Waals surface area (Å²) >= 11 is 5.82. The Bertz CT molecular complexity index is 367. The fourth-order valence-corrected chi connectivity index (χ4v) is 1.26. The highest BCUT2D eigenvalue weighted by molar-refractivity contribution is 6.33. The first kappa shape index (κ1) is 11.4. The fraction of sp³-hybridized carbons (Fsp3) is 0.100. The Morgan fingerprint density at radius 2 is 2.27 bits per heavy atom. The van der Waals surface area contributed by atoms with Crippen LogP contribution in [0, 0.1) is 0 Å². The van der Waals surface area contributed by atoms with Gasteiger partial charge in [-0.1, -0.05) is 29.4 Å². The molecule has 0 saturated carbocycles. The lowest BCUT2D eigenvalue weighted by Crippen LogP contribution is -1.94. The topological polar surface area (TPSA) is 62.0 Å². The Kier molecular flexibility index (Phi) is 4.00. The quantitative estimate of drug-likeness (QED) is 0.359. The van der Waals surface area contributed by atoms with Gasteiger partial charge in [0.15, 0.2) is 0 Å². The van der Waals surface area contributed by atoms with Crippen molar-refractivity contribution in [2.75, 3.05) is 6.61 Å². The molecule has 0 heterocycles. The molecule has 0 unspecified atom stereocenters. The minimum atomic E-state index is -0.112. The summed E-state index contributed by atoms with van der Waals surface area (Å²) in [4.78, 5) is 0. The maximum atomic E-state index is 9.51. The van der Waals surface area contributed by atoms with E-state index in [1.807, 2.05) is 0 Å². The number of rotatable bonds is 4. The van der Waals surface area contributed by atoms with Gasteiger partial charge in [0, 0.05) is 6.07 Å². The van der Waals surface area contributed by atoms with E-state index in [0.29, 0.717) is 12.4 Å². The minimum absolute atomic E-state index is 0.112. The molecule has 0 amide bonds. The lowest BCUT2D eigenvalue weighted by atomic mass is 10.2. The van der Waals surface area contributed by atoms with E-state index in [9.17, 15) is 5.11 Å². The molecule has 0 aliphatic rings. The monoisotopic (exact) mass is 227 g/mol. The summed E-state index contributed by atoms with van der Waals surface area (Å²) in [5.74, 6) is 0.312. The number of halogens is 1. The van der Waals surface area contributed by atoms with Gasteiger partial charge in [-0.25, -0.2) is 0 Å². The largest absolute Gasteiger partial charge is 0.507 e. The van der Waals surface area contributed by atoms with Crippen LogP contribution in [-0.4, -0.2) is 23.1 Å². The zero-order chi connectivity index (χ0) is 11.3. The van der Waals surface area contributed by atoms with Crippen LogP contribution < -0.4 is 4.74 Å². The maximum absolute atomic E-state index is 9.51. The van der Waals surface area contributed by atoms with Gasteiger partial charge in [-0.15, -0.1) is 0 Å². The number of nitrogens with zero attached hydrogens (tertiary/aromatic N) is 1. The Balaban J connectivity index is 3.02. The molecule has 1 aromatic carbocycles. The van der Waals surface area contributed by atoms with Crippen LogP contribution in [0.1, 0.15) is 5.56 Å². The molecule has 1 aromatic rings. The molecule has 1 rings (SSSR count). The first-order valence-corrected chi connectivity index (χ1v) is 4.50. The van der Waals surface area contributed by atoms with Crippen LogP contribution in [0.5, 0.6) is 11.5 Å². The lowest BCUT2D eigenvalue weighted by Gasteiger charge is -2.07. The molecule has 5 heteroatoms. The molecule has 0 aliphatic carbocycles. The number of phenols is 1. The molecule has 0 fully saturated rings. The lowest BCUT2D eigenvalue weighted by molar-refractivity contribution is 0.321. The molecular weight excluding hydrogens is 218 g/mol. The highest BCUT2D eigenvalue weighted by atomic mass is 35.5. The van der Waals surface area contributed by atoms with Gasteiger partial charge in [0.25, 0.3) is 0 Å². The average Bonchev–Trinajstić information content (AvgIpc) is 2.20. The molecule has 0 radical (unpaired) electrons. The first-order valence-electron chi connectivity index (χ1n) is 4.12. The van der Waals surface area contributed by atoms with Crippen molar-refractivity contribution in [3.63, 3.8) is 0 Å². The number of oxime groups is 1. The molecular formula is C10H10ClNO3. The Labute approximate surface area is 92.1 Å².